The zero-order valence-corrected chi connectivity index (χ0v) is 49.6. The Balaban J connectivity index is 4.29. The summed E-state index contributed by atoms with van der Waals surface area (Å²) in [4.78, 5) is 38.4. The van der Waals surface area contributed by atoms with E-state index in [1.54, 1.807) is 0 Å². The van der Waals surface area contributed by atoms with E-state index >= 15 is 0 Å². The van der Waals surface area contributed by atoms with Gasteiger partial charge in [-0.2, -0.15) is 0 Å². The van der Waals surface area contributed by atoms with E-state index in [1.165, 1.54) is 263 Å². The summed E-state index contributed by atoms with van der Waals surface area (Å²) in [5.74, 6) is 0.868. The number of esters is 3. The van der Waals surface area contributed by atoms with Gasteiger partial charge in [0, 0.05) is 19.3 Å². The molecule has 0 aromatic rings. The normalized spacial score (nSPS) is 12.0. The molecule has 0 heterocycles. The molecule has 0 fully saturated rings. The number of rotatable bonds is 60. The lowest BCUT2D eigenvalue weighted by Gasteiger charge is -2.18. The van der Waals surface area contributed by atoms with Gasteiger partial charge in [0.15, 0.2) is 6.10 Å². The van der Waals surface area contributed by atoms with Crippen LogP contribution in [-0.2, 0) is 28.6 Å². The van der Waals surface area contributed by atoms with E-state index in [9.17, 15) is 14.4 Å². The van der Waals surface area contributed by atoms with Crippen molar-refractivity contribution >= 4 is 17.9 Å². The van der Waals surface area contributed by atoms with Crippen LogP contribution in [0.1, 0.15) is 375 Å². The predicted molar refractivity (Wildman–Crippen MR) is 312 cm³/mol. The van der Waals surface area contributed by atoms with Crippen LogP contribution in [0.15, 0.2) is 0 Å². The number of carbonyl (C=O) groups excluding carboxylic acids is 3. The van der Waals surface area contributed by atoms with Crippen LogP contribution < -0.4 is 0 Å². The Bertz CT molecular complexity index is 1100. The number of unbranched alkanes of at least 4 members (excludes halogenated alkanes) is 45. The molecule has 0 radical (unpaired) electrons. The summed E-state index contributed by atoms with van der Waals surface area (Å²) in [6, 6.07) is 0. The second kappa shape index (κ2) is 58.7. The molecule has 72 heavy (non-hydrogen) atoms. The molecule has 0 aliphatic carbocycles. The van der Waals surface area contributed by atoms with Crippen molar-refractivity contribution in [1.82, 2.24) is 0 Å². The first kappa shape index (κ1) is 70.4. The molecule has 0 unspecified atom stereocenters. The Labute approximate surface area is 450 Å². The Morgan fingerprint density at radius 2 is 0.458 bits per heavy atom. The second-order valence-corrected chi connectivity index (χ2v) is 23.7. The van der Waals surface area contributed by atoms with Crippen LogP contribution in [0.3, 0.4) is 0 Å². The molecule has 0 saturated heterocycles. The van der Waals surface area contributed by atoms with Crippen molar-refractivity contribution in [3.8, 4) is 0 Å². The molecule has 0 N–H and O–H groups in total. The summed E-state index contributed by atoms with van der Waals surface area (Å²) in [6.07, 6.45) is 65.3. The average Bonchev–Trinajstić information content (AvgIpc) is 3.36. The van der Waals surface area contributed by atoms with Crippen LogP contribution >= 0.6 is 0 Å². The number of hydrogen-bond donors (Lipinski definition) is 0. The molecule has 6 heteroatoms. The van der Waals surface area contributed by atoms with E-state index in [4.69, 9.17) is 14.2 Å². The highest BCUT2D eigenvalue weighted by molar-refractivity contribution is 5.71. The van der Waals surface area contributed by atoms with Gasteiger partial charge in [0.2, 0.25) is 0 Å². The maximum absolute atomic E-state index is 12.9. The first-order chi connectivity index (χ1) is 35.2. The summed E-state index contributed by atoms with van der Waals surface area (Å²) in [7, 11) is 0. The van der Waals surface area contributed by atoms with Crippen LogP contribution in [0.5, 0.6) is 0 Å². The van der Waals surface area contributed by atoms with Gasteiger partial charge in [-0.3, -0.25) is 14.4 Å². The molecule has 0 aliphatic rings. The highest BCUT2D eigenvalue weighted by atomic mass is 16.6. The molecule has 1 atom stereocenters. The van der Waals surface area contributed by atoms with Crippen LogP contribution in [-0.4, -0.2) is 37.2 Å². The molecule has 0 aromatic carbocycles. The van der Waals surface area contributed by atoms with Crippen molar-refractivity contribution < 1.29 is 28.6 Å². The molecular weight excluding hydrogens is 889 g/mol. The molecule has 0 spiro atoms. The van der Waals surface area contributed by atoms with E-state index in [2.05, 4.69) is 34.6 Å². The molecule has 0 bridgehead atoms. The van der Waals surface area contributed by atoms with E-state index in [1.807, 2.05) is 0 Å². The van der Waals surface area contributed by atoms with E-state index in [0.29, 0.717) is 19.3 Å². The molecule has 0 rings (SSSR count). The standard InChI is InChI=1S/C66H128O6/c1-6-7-8-9-10-11-12-13-14-15-16-21-26-31-36-41-46-51-56-64(67)70-59-63(72-66(69)58-53-48-43-38-33-28-23-18-20-25-30-35-40-45-50-55-62(4)5)60-71-65(68)57-52-47-42-37-32-27-22-17-19-24-29-34-39-44-49-54-61(2)3/h61-63H,6-60H2,1-5H3/t63-/m1/s1. The first-order valence-corrected chi connectivity index (χ1v) is 32.7. The van der Waals surface area contributed by atoms with E-state index in [0.717, 1.165) is 69.6 Å². The minimum absolute atomic E-state index is 0.0616. The lowest BCUT2D eigenvalue weighted by molar-refractivity contribution is -0.167. The lowest BCUT2D eigenvalue weighted by Crippen LogP contribution is -2.30. The number of hydrogen-bond acceptors (Lipinski definition) is 6. The zero-order valence-electron chi connectivity index (χ0n) is 49.6. The average molecular weight is 1020 g/mol. The Morgan fingerprint density at radius 1 is 0.264 bits per heavy atom. The van der Waals surface area contributed by atoms with Gasteiger partial charge in [-0.05, 0) is 31.1 Å². The second-order valence-electron chi connectivity index (χ2n) is 23.7. The largest absolute Gasteiger partial charge is 0.462 e. The number of carbonyl (C=O) groups is 3. The van der Waals surface area contributed by atoms with Gasteiger partial charge in [-0.1, -0.05) is 336 Å². The van der Waals surface area contributed by atoms with Gasteiger partial charge >= 0.3 is 17.9 Å². The molecular formula is C66H128O6. The van der Waals surface area contributed by atoms with Crippen LogP contribution in [0.4, 0.5) is 0 Å². The van der Waals surface area contributed by atoms with Gasteiger partial charge in [0.1, 0.15) is 13.2 Å². The number of ether oxygens (including phenoxy) is 3. The van der Waals surface area contributed by atoms with E-state index in [-0.39, 0.29) is 31.1 Å². The molecule has 428 valence electrons. The fraction of sp³-hybridized carbons (Fsp3) is 0.955. The van der Waals surface area contributed by atoms with Crippen LogP contribution in [0.2, 0.25) is 0 Å². The minimum Gasteiger partial charge on any atom is -0.462 e. The summed E-state index contributed by atoms with van der Waals surface area (Å²) in [5.41, 5.74) is 0. The Kier molecular flexibility index (Phi) is 57.4. The molecule has 0 amide bonds. The van der Waals surface area contributed by atoms with E-state index < -0.39 is 6.10 Å². The van der Waals surface area contributed by atoms with Crippen molar-refractivity contribution in [3.05, 3.63) is 0 Å². The fourth-order valence-electron chi connectivity index (χ4n) is 10.3. The quantitative estimate of drug-likeness (QED) is 0.0343. The molecule has 0 aromatic heterocycles. The topological polar surface area (TPSA) is 78.9 Å². The third-order valence-corrected chi connectivity index (χ3v) is 15.2. The summed E-state index contributed by atoms with van der Waals surface area (Å²) in [5, 5.41) is 0. The highest BCUT2D eigenvalue weighted by Crippen LogP contribution is 2.19. The van der Waals surface area contributed by atoms with Gasteiger partial charge in [0.25, 0.3) is 0 Å². The SMILES string of the molecule is CCCCCCCCCCCCCCCCCCCCC(=O)OC[C@H](COC(=O)CCCCCCCCCCCCCCCCCC(C)C)OC(=O)CCCCCCCCCCCCCCCCCC(C)C. The van der Waals surface area contributed by atoms with Crippen molar-refractivity contribution in [1.29, 1.82) is 0 Å². The smallest absolute Gasteiger partial charge is 0.306 e. The Morgan fingerprint density at radius 3 is 0.681 bits per heavy atom. The maximum Gasteiger partial charge on any atom is 0.306 e. The fourth-order valence-corrected chi connectivity index (χ4v) is 10.3. The van der Waals surface area contributed by atoms with Crippen LogP contribution in [0, 0.1) is 11.8 Å². The van der Waals surface area contributed by atoms with Crippen molar-refractivity contribution in [3.63, 3.8) is 0 Å². The maximum atomic E-state index is 12.9. The minimum atomic E-state index is -0.764. The molecule has 0 saturated carbocycles. The third kappa shape index (κ3) is 59.3. The van der Waals surface area contributed by atoms with Gasteiger partial charge in [-0.15, -0.1) is 0 Å². The predicted octanol–water partition coefficient (Wildman–Crippen LogP) is 22.0. The van der Waals surface area contributed by atoms with Gasteiger partial charge < -0.3 is 14.2 Å². The zero-order chi connectivity index (χ0) is 52.5. The van der Waals surface area contributed by atoms with Crippen LogP contribution in [0.25, 0.3) is 0 Å². The van der Waals surface area contributed by atoms with Gasteiger partial charge in [0.05, 0.1) is 0 Å². The highest BCUT2D eigenvalue weighted by Gasteiger charge is 2.19. The molecule has 0 aliphatic heterocycles. The Hall–Kier alpha value is -1.59. The van der Waals surface area contributed by atoms with Gasteiger partial charge in [-0.25, -0.2) is 0 Å². The van der Waals surface area contributed by atoms with Crippen molar-refractivity contribution in [2.45, 2.75) is 381 Å². The monoisotopic (exact) mass is 1020 g/mol. The van der Waals surface area contributed by atoms with Crippen molar-refractivity contribution in [2.24, 2.45) is 11.8 Å². The summed E-state index contributed by atoms with van der Waals surface area (Å²) in [6.45, 7) is 11.5. The summed E-state index contributed by atoms with van der Waals surface area (Å²) < 4.78 is 17.0. The third-order valence-electron chi connectivity index (χ3n) is 15.2. The molecule has 6 nitrogen and oxygen atoms in total. The first-order valence-electron chi connectivity index (χ1n) is 32.7. The lowest BCUT2D eigenvalue weighted by atomic mass is 10.0. The van der Waals surface area contributed by atoms with Crippen molar-refractivity contribution in [2.75, 3.05) is 13.2 Å². The summed E-state index contributed by atoms with van der Waals surface area (Å²) >= 11 is 0.